The van der Waals surface area contributed by atoms with E-state index in [0.717, 1.165) is 0 Å². The molecule has 1 aromatic rings. The van der Waals surface area contributed by atoms with Gasteiger partial charge in [0.05, 0.1) is 11.5 Å². The standard InChI is InChI=1S/C11H14N2O4/c1-8(7-17-2)12-11(14)9-4-3-5-10(6-9)13(15)16/h3-6,8H,7H2,1-2H3,(H,12,14)/t8-/m0/s1. The quantitative estimate of drug-likeness (QED) is 0.620. The number of nitro groups is 1. The van der Waals surface area contributed by atoms with Gasteiger partial charge >= 0.3 is 0 Å². The molecule has 0 radical (unpaired) electrons. The zero-order chi connectivity index (χ0) is 12.8. The van der Waals surface area contributed by atoms with Crippen molar-refractivity contribution in [3.05, 3.63) is 39.9 Å². The zero-order valence-corrected chi connectivity index (χ0v) is 9.67. The lowest BCUT2D eigenvalue weighted by Gasteiger charge is -2.12. The lowest BCUT2D eigenvalue weighted by Crippen LogP contribution is -2.35. The van der Waals surface area contributed by atoms with E-state index in [2.05, 4.69) is 5.32 Å². The van der Waals surface area contributed by atoms with Crippen molar-refractivity contribution in [1.29, 1.82) is 0 Å². The molecule has 0 aliphatic heterocycles. The van der Waals surface area contributed by atoms with E-state index >= 15 is 0 Å². The van der Waals surface area contributed by atoms with Crippen LogP contribution >= 0.6 is 0 Å². The Hall–Kier alpha value is -1.95. The molecule has 0 heterocycles. The third-order valence-corrected chi connectivity index (χ3v) is 2.11. The van der Waals surface area contributed by atoms with Gasteiger partial charge in [-0.2, -0.15) is 0 Å². The van der Waals surface area contributed by atoms with Gasteiger partial charge in [0.2, 0.25) is 0 Å². The summed E-state index contributed by atoms with van der Waals surface area (Å²) >= 11 is 0. The van der Waals surface area contributed by atoms with Gasteiger partial charge in [0, 0.05) is 30.8 Å². The minimum absolute atomic E-state index is 0.1000. The number of amides is 1. The summed E-state index contributed by atoms with van der Waals surface area (Å²) in [5, 5.41) is 13.2. The summed E-state index contributed by atoms with van der Waals surface area (Å²) in [6, 6.07) is 5.45. The fourth-order valence-corrected chi connectivity index (χ4v) is 1.36. The third-order valence-electron chi connectivity index (χ3n) is 2.11. The molecule has 92 valence electrons. The lowest BCUT2D eigenvalue weighted by atomic mass is 10.2. The number of methoxy groups -OCH3 is 1. The van der Waals surface area contributed by atoms with Crippen LogP contribution in [0.5, 0.6) is 0 Å². The average molecular weight is 238 g/mol. The molecular formula is C11H14N2O4. The van der Waals surface area contributed by atoms with Gasteiger partial charge in [0.25, 0.3) is 11.6 Å². The second kappa shape index (κ2) is 5.95. The first-order valence-electron chi connectivity index (χ1n) is 5.09. The maximum Gasteiger partial charge on any atom is 0.270 e. The molecule has 0 saturated carbocycles. The first-order valence-corrected chi connectivity index (χ1v) is 5.09. The summed E-state index contributed by atoms with van der Waals surface area (Å²) in [6.45, 7) is 2.18. The van der Waals surface area contributed by atoms with Crippen molar-refractivity contribution in [3.8, 4) is 0 Å². The summed E-state index contributed by atoms with van der Waals surface area (Å²) < 4.78 is 4.88. The molecule has 6 heteroatoms. The van der Waals surface area contributed by atoms with E-state index in [-0.39, 0.29) is 23.2 Å². The number of benzene rings is 1. The number of carbonyl (C=O) groups is 1. The largest absolute Gasteiger partial charge is 0.383 e. The van der Waals surface area contributed by atoms with Gasteiger partial charge < -0.3 is 10.1 Å². The van der Waals surface area contributed by atoms with Crippen molar-refractivity contribution in [2.75, 3.05) is 13.7 Å². The monoisotopic (exact) mass is 238 g/mol. The maximum absolute atomic E-state index is 11.7. The summed E-state index contributed by atoms with van der Waals surface area (Å²) in [4.78, 5) is 21.7. The van der Waals surface area contributed by atoms with E-state index in [1.165, 1.54) is 31.4 Å². The van der Waals surface area contributed by atoms with E-state index in [0.29, 0.717) is 6.61 Å². The van der Waals surface area contributed by atoms with Crippen LogP contribution in [0.3, 0.4) is 0 Å². The molecular weight excluding hydrogens is 224 g/mol. The number of hydrogen-bond donors (Lipinski definition) is 1. The number of nitro benzene ring substituents is 1. The van der Waals surface area contributed by atoms with Crippen LogP contribution in [0.4, 0.5) is 5.69 Å². The second-order valence-electron chi connectivity index (χ2n) is 3.64. The van der Waals surface area contributed by atoms with Gasteiger partial charge in [-0.3, -0.25) is 14.9 Å². The van der Waals surface area contributed by atoms with Crippen LogP contribution in [0.1, 0.15) is 17.3 Å². The zero-order valence-electron chi connectivity index (χ0n) is 9.67. The van der Waals surface area contributed by atoms with Gasteiger partial charge in [-0.1, -0.05) is 6.07 Å². The number of hydrogen-bond acceptors (Lipinski definition) is 4. The molecule has 1 rings (SSSR count). The molecule has 6 nitrogen and oxygen atoms in total. The SMILES string of the molecule is COC[C@H](C)NC(=O)c1cccc([N+](=O)[O-])c1. The molecule has 0 fully saturated rings. The molecule has 0 aromatic heterocycles. The Labute approximate surface area is 98.7 Å². The molecule has 1 amide bonds. The number of non-ortho nitro benzene ring substituents is 1. The van der Waals surface area contributed by atoms with Crippen LogP contribution in [0.25, 0.3) is 0 Å². The Morgan fingerprint density at radius 1 is 1.59 bits per heavy atom. The van der Waals surface area contributed by atoms with Gasteiger partial charge in [-0.15, -0.1) is 0 Å². The molecule has 17 heavy (non-hydrogen) atoms. The summed E-state index contributed by atoms with van der Waals surface area (Å²) in [7, 11) is 1.54. The minimum atomic E-state index is -0.532. The Morgan fingerprint density at radius 3 is 2.88 bits per heavy atom. The van der Waals surface area contributed by atoms with Crippen molar-refractivity contribution in [2.45, 2.75) is 13.0 Å². The fourth-order valence-electron chi connectivity index (χ4n) is 1.36. The summed E-state index contributed by atoms with van der Waals surface area (Å²) in [5.41, 5.74) is 0.166. The molecule has 0 unspecified atom stereocenters. The molecule has 0 spiro atoms. The second-order valence-corrected chi connectivity index (χ2v) is 3.64. The number of nitrogens with one attached hydrogen (secondary N) is 1. The van der Waals surface area contributed by atoms with E-state index in [1.54, 1.807) is 6.92 Å². The first kappa shape index (κ1) is 13.1. The van der Waals surface area contributed by atoms with Crippen LogP contribution in [0.15, 0.2) is 24.3 Å². The Kier molecular flexibility index (Phi) is 4.59. The van der Waals surface area contributed by atoms with Crippen LogP contribution in [-0.4, -0.2) is 30.6 Å². The van der Waals surface area contributed by atoms with Crippen LogP contribution in [0.2, 0.25) is 0 Å². The highest BCUT2D eigenvalue weighted by Crippen LogP contribution is 2.12. The topological polar surface area (TPSA) is 81.5 Å². The summed E-state index contributed by atoms with van der Waals surface area (Å²) in [6.07, 6.45) is 0. The van der Waals surface area contributed by atoms with Crippen molar-refractivity contribution in [1.82, 2.24) is 5.32 Å². The predicted octanol–water partition coefficient (Wildman–Crippen LogP) is 1.36. The summed E-state index contributed by atoms with van der Waals surface area (Å²) in [5.74, 6) is -0.349. The molecule has 0 aliphatic carbocycles. The van der Waals surface area contributed by atoms with Crippen LogP contribution in [-0.2, 0) is 4.74 Å². The Bertz CT molecular complexity index is 420. The van der Waals surface area contributed by atoms with Crippen molar-refractivity contribution in [2.24, 2.45) is 0 Å². The van der Waals surface area contributed by atoms with Gasteiger partial charge in [-0.05, 0) is 13.0 Å². The van der Waals surface area contributed by atoms with E-state index in [4.69, 9.17) is 4.74 Å². The molecule has 0 saturated heterocycles. The maximum atomic E-state index is 11.7. The molecule has 0 bridgehead atoms. The molecule has 1 atom stereocenters. The molecule has 0 aliphatic rings. The van der Waals surface area contributed by atoms with E-state index in [9.17, 15) is 14.9 Å². The average Bonchev–Trinajstić information content (AvgIpc) is 2.29. The number of carbonyl (C=O) groups excluding carboxylic acids is 1. The highest BCUT2D eigenvalue weighted by Gasteiger charge is 2.13. The van der Waals surface area contributed by atoms with Crippen molar-refractivity contribution < 1.29 is 14.5 Å². The highest BCUT2D eigenvalue weighted by atomic mass is 16.6. The number of rotatable bonds is 5. The minimum Gasteiger partial charge on any atom is -0.383 e. The number of ether oxygens (including phenoxy) is 1. The lowest BCUT2D eigenvalue weighted by molar-refractivity contribution is -0.384. The van der Waals surface area contributed by atoms with Crippen molar-refractivity contribution in [3.63, 3.8) is 0 Å². The van der Waals surface area contributed by atoms with E-state index < -0.39 is 4.92 Å². The molecule has 1 aromatic carbocycles. The Morgan fingerprint density at radius 2 is 2.29 bits per heavy atom. The van der Waals surface area contributed by atoms with Crippen LogP contribution in [0, 0.1) is 10.1 Å². The predicted molar refractivity (Wildman–Crippen MR) is 61.9 cm³/mol. The third kappa shape index (κ3) is 3.84. The van der Waals surface area contributed by atoms with Gasteiger partial charge in [-0.25, -0.2) is 0 Å². The van der Waals surface area contributed by atoms with Gasteiger partial charge in [0.15, 0.2) is 0 Å². The number of nitrogens with zero attached hydrogens (tertiary/aromatic N) is 1. The highest BCUT2D eigenvalue weighted by molar-refractivity contribution is 5.94. The fraction of sp³-hybridized carbons (Fsp3) is 0.364. The van der Waals surface area contributed by atoms with Gasteiger partial charge in [0.1, 0.15) is 0 Å². The normalized spacial score (nSPS) is 11.9. The van der Waals surface area contributed by atoms with Crippen LogP contribution < -0.4 is 5.32 Å². The van der Waals surface area contributed by atoms with E-state index in [1.807, 2.05) is 0 Å². The molecule has 1 N–H and O–H groups in total. The first-order chi connectivity index (χ1) is 8.04. The Balaban J connectivity index is 2.75. The van der Waals surface area contributed by atoms with Crippen molar-refractivity contribution >= 4 is 11.6 Å². The smallest absolute Gasteiger partial charge is 0.270 e.